The van der Waals surface area contributed by atoms with Gasteiger partial charge in [0.25, 0.3) is 5.78 Å². The molecule has 0 spiro atoms. The number of hydrogen-bond acceptors (Lipinski definition) is 7. The highest BCUT2D eigenvalue weighted by Gasteiger charge is 2.38. The van der Waals surface area contributed by atoms with Crippen LogP contribution in [0.2, 0.25) is 0 Å². The molecule has 3 aromatic rings. The van der Waals surface area contributed by atoms with Crippen LogP contribution in [0.4, 0.5) is 20.2 Å². The van der Waals surface area contributed by atoms with E-state index in [1.807, 2.05) is 4.90 Å². The summed E-state index contributed by atoms with van der Waals surface area (Å²) in [6, 6.07) is 4.74. The van der Waals surface area contributed by atoms with Gasteiger partial charge in [-0.15, -0.1) is 0 Å². The second-order valence-electron chi connectivity index (χ2n) is 9.92. The lowest BCUT2D eigenvalue weighted by molar-refractivity contribution is -0.114. The Labute approximate surface area is 220 Å². The van der Waals surface area contributed by atoms with Crippen molar-refractivity contribution < 1.29 is 33.0 Å². The van der Waals surface area contributed by atoms with Gasteiger partial charge in [-0.05, 0) is 37.1 Å². The van der Waals surface area contributed by atoms with Crippen LogP contribution in [0.3, 0.4) is 0 Å². The van der Waals surface area contributed by atoms with Crippen LogP contribution >= 0.6 is 0 Å². The Morgan fingerprint density at radius 1 is 1.08 bits per heavy atom. The number of carboxylic acid groups (broad SMARTS) is 1. The number of hydrogen-bond donors (Lipinski definition) is 1. The lowest BCUT2D eigenvalue weighted by Crippen LogP contribution is -2.51. The highest BCUT2D eigenvalue weighted by molar-refractivity contribution is 6.52. The molecule has 1 saturated carbocycles. The summed E-state index contributed by atoms with van der Waals surface area (Å²) in [6.45, 7) is 1.66. The fourth-order valence-corrected chi connectivity index (χ4v) is 5.45. The Morgan fingerprint density at radius 2 is 1.79 bits per heavy atom. The minimum absolute atomic E-state index is 0.00711. The van der Waals surface area contributed by atoms with Crippen molar-refractivity contribution in [1.29, 1.82) is 0 Å². The number of carboxylic acids is 1. The van der Waals surface area contributed by atoms with E-state index >= 15 is 4.39 Å². The number of ether oxygens (including phenoxy) is 1. The molecule has 39 heavy (non-hydrogen) atoms. The first kappa shape index (κ1) is 25.0. The monoisotopic (exact) mass is 538 g/mol. The number of methoxy groups -OCH3 is 1. The van der Waals surface area contributed by atoms with Crippen molar-refractivity contribution in [3.05, 3.63) is 63.4 Å². The molecular formula is C27H24F2N4O6. The number of benzene rings is 2. The molecule has 0 bridgehead atoms. The van der Waals surface area contributed by atoms with Crippen molar-refractivity contribution in [3.8, 4) is 5.75 Å². The number of ketones is 1. The molecule has 202 valence electrons. The van der Waals surface area contributed by atoms with E-state index in [-0.39, 0.29) is 35.1 Å². The zero-order chi connectivity index (χ0) is 27.6. The molecule has 1 saturated heterocycles. The number of halogens is 2. The topological polar surface area (TPSA) is 112 Å². The number of pyridine rings is 1. The van der Waals surface area contributed by atoms with Gasteiger partial charge in [-0.25, -0.2) is 13.6 Å². The van der Waals surface area contributed by atoms with Crippen LogP contribution < -0.4 is 20.0 Å². The quantitative estimate of drug-likeness (QED) is 0.477. The lowest BCUT2D eigenvalue weighted by Gasteiger charge is -2.38. The molecule has 0 unspecified atom stereocenters. The van der Waals surface area contributed by atoms with Crippen LogP contribution in [0.25, 0.3) is 10.9 Å². The number of Topliss-reactive ketones (excluding diaryl/α,β-unsaturated/α-hetero) is 1. The van der Waals surface area contributed by atoms with Crippen molar-refractivity contribution >= 4 is 39.9 Å². The van der Waals surface area contributed by atoms with E-state index in [0.717, 1.165) is 25.0 Å². The lowest BCUT2D eigenvalue weighted by atomic mass is 10.1. The van der Waals surface area contributed by atoms with E-state index in [0.29, 0.717) is 37.4 Å². The van der Waals surface area contributed by atoms with E-state index in [2.05, 4.69) is 0 Å². The number of anilines is 2. The standard InChI is InChI=1S/C27H24F2N4O6/c1-39-25-21-17(23(34)18(27(37)38)12-32(21)15-3-4-15)11-19(29)22(25)31-8-6-30(7-9-31)13-33-20-5-2-14(28)10-16(20)24(35)26(33)36/h2,5,10-12,15H,3-4,6-9,13H2,1H3,(H,37,38). The number of aromatic carboxylic acids is 1. The fourth-order valence-electron chi connectivity index (χ4n) is 5.45. The van der Waals surface area contributed by atoms with E-state index in [1.165, 1.54) is 30.3 Å². The first-order valence-electron chi connectivity index (χ1n) is 12.5. The van der Waals surface area contributed by atoms with Crippen molar-refractivity contribution in [2.24, 2.45) is 0 Å². The van der Waals surface area contributed by atoms with Crippen LogP contribution in [0.1, 0.15) is 39.6 Å². The van der Waals surface area contributed by atoms with Crippen LogP contribution in [0.5, 0.6) is 5.75 Å². The minimum atomic E-state index is -1.37. The molecule has 3 aliphatic rings. The third-order valence-corrected chi connectivity index (χ3v) is 7.54. The van der Waals surface area contributed by atoms with Crippen LogP contribution in [0.15, 0.2) is 35.3 Å². The molecule has 1 amide bonds. The van der Waals surface area contributed by atoms with Gasteiger partial charge >= 0.3 is 11.9 Å². The number of nitrogens with zero attached hydrogens (tertiary/aromatic N) is 4. The summed E-state index contributed by atoms with van der Waals surface area (Å²) in [4.78, 5) is 54.5. The molecule has 2 aliphatic heterocycles. The van der Waals surface area contributed by atoms with Gasteiger partial charge in [0, 0.05) is 38.4 Å². The minimum Gasteiger partial charge on any atom is -0.492 e. The Morgan fingerprint density at radius 3 is 2.44 bits per heavy atom. The molecule has 2 fully saturated rings. The van der Waals surface area contributed by atoms with Crippen molar-refractivity contribution in [3.63, 3.8) is 0 Å². The summed E-state index contributed by atoms with van der Waals surface area (Å²) in [5.41, 5.74) is -0.262. The number of piperazine rings is 1. The third kappa shape index (κ3) is 4.02. The molecular weight excluding hydrogens is 514 g/mol. The second kappa shape index (κ2) is 9.16. The maximum Gasteiger partial charge on any atom is 0.341 e. The van der Waals surface area contributed by atoms with Crippen LogP contribution in [0, 0.1) is 11.6 Å². The van der Waals surface area contributed by atoms with Gasteiger partial charge in [0.15, 0.2) is 11.6 Å². The Hall–Kier alpha value is -4.32. The van der Waals surface area contributed by atoms with Gasteiger partial charge in [-0.3, -0.25) is 24.2 Å². The van der Waals surface area contributed by atoms with Crippen LogP contribution in [-0.4, -0.2) is 72.2 Å². The Balaban J connectivity index is 1.29. The zero-order valence-corrected chi connectivity index (χ0v) is 20.9. The smallest absolute Gasteiger partial charge is 0.341 e. The average Bonchev–Trinajstić information content (AvgIpc) is 3.73. The molecule has 1 N–H and O–H groups in total. The van der Waals surface area contributed by atoms with E-state index in [4.69, 9.17) is 4.74 Å². The Kier molecular flexibility index (Phi) is 5.87. The molecule has 12 heteroatoms. The summed E-state index contributed by atoms with van der Waals surface area (Å²) in [6.07, 6.45) is 2.92. The molecule has 3 heterocycles. The summed E-state index contributed by atoms with van der Waals surface area (Å²) in [7, 11) is 1.39. The number of carbonyl (C=O) groups excluding carboxylic acids is 2. The highest BCUT2D eigenvalue weighted by Crippen LogP contribution is 2.44. The number of rotatable bonds is 6. The van der Waals surface area contributed by atoms with Gasteiger partial charge in [0.2, 0.25) is 5.43 Å². The summed E-state index contributed by atoms with van der Waals surface area (Å²) in [5.74, 6) is -3.98. The highest BCUT2D eigenvalue weighted by atomic mass is 19.1. The molecule has 2 aromatic carbocycles. The number of carbonyl (C=O) groups is 3. The molecule has 0 atom stereocenters. The fraction of sp³-hybridized carbons (Fsp3) is 0.333. The second-order valence-corrected chi connectivity index (χ2v) is 9.92. The van der Waals surface area contributed by atoms with Crippen molar-refractivity contribution in [1.82, 2.24) is 9.47 Å². The molecule has 10 nitrogen and oxygen atoms in total. The molecule has 1 aliphatic carbocycles. The zero-order valence-electron chi connectivity index (χ0n) is 20.9. The Bertz CT molecular complexity index is 1620. The normalized spacial score (nSPS) is 17.7. The number of aromatic nitrogens is 1. The van der Waals surface area contributed by atoms with Crippen molar-refractivity contribution in [2.45, 2.75) is 18.9 Å². The van der Waals surface area contributed by atoms with Gasteiger partial charge in [-0.1, -0.05) is 0 Å². The van der Waals surface area contributed by atoms with E-state index in [1.54, 1.807) is 9.47 Å². The first-order valence-corrected chi connectivity index (χ1v) is 12.5. The number of amides is 1. The SMILES string of the molecule is COc1c(N2CCN(CN3C(=O)C(=O)c4cc(F)ccc43)CC2)c(F)cc2c(=O)c(C(=O)O)cn(C3CC3)c12. The van der Waals surface area contributed by atoms with E-state index in [9.17, 15) is 28.7 Å². The van der Waals surface area contributed by atoms with Gasteiger partial charge < -0.3 is 19.3 Å². The van der Waals surface area contributed by atoms with Crippen molar-refractivity contribution in [2.75, 3.05) is 49.8 Å². The maximum atomic E-state index is 15.6. The maximum absolute atomic E-state index is 15.6. The average molecular weight is 539 g/mol. The van der Waals surface area contributed by atoms with Gasteiger partial charge in [-0.2, -0.15) is 0 Å². The third-order valence-electron chi connectivity index (χ3n) is 7.54. The largest absolute Gasteiger partial charge is 0.492 e. The van der Waals surface area contributed by atoms with E-state index < -0.39 is 40.3 Å². The van der Waals surface area contributed by atoms with Gasteiger partial charge in [0.05, 0.1) is 35.9 Å². The van der Waals surface area contributed by atoms with Crippen LogP contribution in [-0.2, 0) is 4.79 Å². The predicted molar refractivity (Wildman–Crippen MR) is 137 cm³/mol. The van der Waals surface area contributed by atoms with Gasteiger partial charge in [0.1, 0.15) is 17.1 Å². The molecule has 0 radical (unpaired) electrons. The summed E-state index contributed by atoms with van der Waals surface area (Å²) < 4.78 is 36.5. The summed E-state index contributed by atoms with van der Waals surface area (Å²) in [5, 5.41) is 9.47. The number of fused-ring (bicyclic) bond motifs is 2. The predicted octanol–water partition coefficient (Wildman–Crippen LogP) is 2.63. The molecule has 1 aromatic heterocycles. The molecule has 6 rings (SSSR count). The summed E-state index contributed by atoms with van der Waals surface area (Å²) >= 11 is 0. The first-order chi connectivity index (χ1) is 18.7.